The van der Waals surface area contributed by atoms with Gasteiger partial charge in [-0.15, -0.1) is 10.2 Å². The first-order valence-corrected chi connectivity index (χ1v) is 13.3. The SMILES string of the molecule is Nc1nn(C2CC3CCC(C2)N3c2ncc(C3CCNCC3)cn2)c2cc(-c3ccccc3O)nnc12. The molecular weight excluding hydrogens is 466 g/mol. The van der Waals surface area contributed by atoms with Crippen molar-refractivity contribution in [3.63, 3.8) is 0 Å². The van der Waals surface area contributed by atoms with Crippen LogP contribution in [-0.2, 0) is 0 Å². The van der Waals surface area contributed by atoms with Crippen molar-refractivity contribution < 1.29 is 5.11 Å². The molecule has 3 aromatic heterocycles. The number of aromatic hydroxyl groups is 1. The fourth-order valence-corrected chi connectivity index (χ4v) is 6.56. The zero-order valence-corrected chi connectivity index (χ0v) is 20.7. The molecule has 2 atom stereocenters. The molecule has 0 spiro atoms. The number of phenolic OH excluding ortho intramolecular Hbond substituents is 1. The number of piperidine rings is 2. The van der Waals surface area contributed by atoms with Gasteiger partial charge in [-0.3, -0.25) is 4.68 Å². The molecule has 0 aliphatic carbocycles. The average Bonchev–Trinajstić information content (AvgIpc) is 3.41. The first-order chi connectivity index (χ1) is 18.2. The number of benzene rings is 1. The lowest BCUT2D eigenvalue weighted by Crippen LogP contribution is -2.44. The van der Waals surface area contributed by atoms with E-state index >= 15 is 0 Å². The highest BCUT2D eigenvalue weighted by Gasteiger charge is 2.43. The number of nitrogen functional groups attached to an aromatic ring is 1. The second-order valence-electron chi connectivity index (χ2n) is 10.6. The summed E-state index contributed by atoms with van der Waals surface area (Å²) in [5.41, 5.74) is 10.2. The van der Waals surface area contributed by atoms with Gasteiger partial charge in [-0.1, -0.05) is 12.1 Å². The zero-order chi connectivity index (χ0) is 24.9. The van der Waals surface area contributed by atoms with Crippen molar-refractivity contribution in [2.24, 2.45) is 0 Å². The molecule has 3 fully saturated rings. The van der Waals surface area contributed by atoms with Crippen LogP contribution in [-0.4, -0.2) is 60.2 Å². The summed E-state index contributed by atoms with van der Waals surface area (Å²) >= 11 is 0. The number of phenols is 1. The van der Waals surface area contributed by atoms with Gasteiger partial charge in [0, 0.05) is 30.0 Å². The molecule has 37 heavy (non-hydrogen) atoms. The molecule has 4 N–H and O–H groups in total. The Bertz CT molecular complexity index is 1420. The quantitative estimate of drug-likeness (QED) is 0.388. The third kappa shape index (κ3) is 3.87. The predicted molar refractivity (Wildman–Crippen MR) is 141 cm³/mol. The summed E-state index contributed by atoms with van der Waals surface area (Å²) in [7, 11) is 0. The highest BCUT2D eigenvalue weighted by molar-refractivity contribution is 5.87. The summed E-state index contributed by atoms with van der Waals surface area (Å²) in [5, 5.41) is 27.2. The van der Waals surface area contributed by atoms with Crippen LogP contribution in [0.5, 0.6) is 5.75 Å². The minimum atomic E-state index is 0.174. The Labute approximate surface area is 214 Å². The molecule has 4 aromatic rings. The van der Waals surface area contributed by atoms with Crippen LogP contribution in [0.4, 0.5) is 11.8 Å². The van der Waals surface area contributed by atoms with Crippen molar-refractivity contribution in [2.45, 2.75) is 62.6 Å². The van der Waals surface area contributed by atoms with Gasteiger partial charge >= 0.3 is 0 Å². The Morgan fingerprint density at radius 3 is 2.38 bits per heavy atom. The molecule has 0 radical (unpaired) electrons. The Morgan fingerprint density at radius 1 is 0.919 bits per heavy atom. The summed E-state index contributed by atoms with van der Waals surface area (Å²) in [5.74, 6) is 1.97. The predicted octanol–water partition coefficient (Wildman–Crippen LogP) is 3.41. The van der Waals surface area contributed by atoms with Crippen molar-refractivity contribution in [3.05, 3.63) is 48.3 Å². The van der Waals surface area contributed by atoms with Crippen molar-refractivity contribution in [1.82, 2.24) is 35.3 Å². The lowest BCUT2D eigenvalue weighted by atomic mass is 9.92. The summed E-state index contributed by atoms with van der Waals surface area (Å²) in [6, 6.07) is 10.0. The first kappa shape index (κ1) is 22.4. The molecule has 10 nitrogen and oxygen atoms in total. The van der Waals surface area contributed by atoms with Crippen molar-refractivity contribution in [1.29, 1.82) is 0 Å². The van der Waals surface area contributed by atoms with E-state index in [0.29, 0.717) is 40.6 Å². The number of hydrogen-bond acceptors (Lipinski definition) is 9. The van der Waals surface area contributed by atoms with E-state index in [9.17, 15) is 5.11 Å². The number of para-hydroxylation sites is 1. The van der Waals surface area contributed by atoms with E-state index in [0.717, 1.165) is 63.1 Å². The molecule has 1 aromatic carbocycles. The van der Waals surface area contributed by atoms with E-state index in [4.69, 9.17) is 20.8 Å². The van der Waals surface area contributed by atoms with Crippen LogP contribution < -0.4 is 16.0 Å². The molecular formula is C27H31N9O. The van der Waals surface area contributed by atoms with Crippen molar-refractivity contribution >= 4 is 22.8 Å². The Balaban J connectivity index is 1.16. The molecule has 10 heteroatoms. The van der Waals surface area contributed by atoms with Gasteiger partial charge in [0.05, 0.1) is 17.3 Å². The van der Waals surface area contributed by atoms with Crippen LogP contribution in [0.15, 0.2) is 42.7 Å². The van der Waals surface area contributed by atoms with E-state index in [1.807, 2.05) is 35.3 Å². The molecule has 190 valence electrons. The van der Waals surface area contributed by atoms with Gasteiger partial charge in [0.1, 0.15) is 5.75 Å². The van der Waals surface area contributed by atoms with Gasteiger partial charge in [0.2, 0.25) is 5.95 Å². The molecule has 7 rings (SSSR count). The van der Waals surface area contributed by atoms with Gasteiger partial charge in [-0.05, 0) is 81.3 Å². The molecule has 3 aliphatic heterocycles. The Kier molecular flexibility index (Phi) is 5.42. The fourth-order valence-electron chi connectivity index (χ4n) is 6.56. The van der Waals surface area contributed by atoms with E-state index in [1.54, 1.807) is 12.1 Å². The zero-order valence-electron chi connectivity index (χ0n) is 20.7. The number of fused-ring (bicyclic) bond motifs is 3. The maximum atomic E-state index is 10.3. The largest absolute Gasteiger partial charge is 0.507 e. The van der Waals surface area contributed by atoms with Crippen LogP contribution in [0.2, 0.25) is 0 Å². The van der Waals surface area contributed by atoms with E-state index < -0.39 is 0 Å². The highest BCUT2D eigenvalue weighted by atomic mass is 16.3. The molecule has 3 aliphatic rings. The third-order valence-corrected chi connectivity index (χ3v) is 8.41. The maximum Gasteiger partial charge on any atom is 0.225 e. The number of nitrogens with one attached hydrogen (secondary N) is 1. The summed E-state index contributed by atoms with van der Waals surface area (Å²) in [6.07, 6.45) is 10.5. The molecule has 3 saturated heterocycles. The van der Waals surface area contributed by atoms with Crippen LogP contribution >= 0.6 is 0 Å². The van der Waals surface area contributed by atoms with E-state index in [1.165, 1.54) is 5.56 Å². The summed E-state index contributed by atoms with van der Waals surface area (Å²) in [4.78, 5) is 12.1. The van der Waals surface area contributed by atoms with Crippen LogP contribution in [0.3, 0.4) is 0 Å². The normalized spacial score (nSPS) is 24.1. The second kappa shape index (κ2) is 8.95. The van der Waals surface area contributed by atoms with Gasteiger partial charge < -0.3 is 21.1 Å². The third-order valence-electron chi connectivity index (χ3n) is 8.41. The van der Waals surface area contributed by atoms with Gasteiger partial charge in [0.15, 0.2) is 11.3 Å². The van der Waals surface area contributed by atoms with Gasteiger partial charge in [-0.25, -0.2) is 9.97 Å². The number of anilines is 2. The fraction of sp³-hybridized carbons (Fsp3) is 0.444. The van der Waals surface area contributed by atoms with E-state index in [2.05, 4.69) is 20.4 Å². The monoisotopic (exact) mass is 497 g/mol. The van der Waals surface area contributed by atoms with E-state index in [-0.39, 0.29) is 11.8 Å². The van der Waals surface area contributed by atoms with Crippen molar-refractivity contribution in [3.8, 4) is 17.0 Å². The molecule has 2 unspecified atom stereocenters. The standard InChI is InChI=1S/C27H31N9O/c28-26-25-23(13-22(32-33-25)21-3-1-2-4-24(21)37)36(34-26)20-11-18-5-6-19(12-20)35(18)27-30-14-17(15-31-27)16-7-9-29-10-8-16/h1-4,13-16,18-20,29,37H,5-12H2,(H2,28,34). The second-order valence-corrected chi connectivity index (χ2v) is 10.6. The minimum Gasteiger partial charge on any atom is -0.507 e. The number of nitrogens with zero attached hydrogens (tertiary/aromatic N) is 7. The Hall–Kier alpha value is -3.79. The number of rotatable bonds is 4. The topological polar surface area (TPSA) is 131 Å². The minimum absolute atomic E-state index is 0.174. The lowest BCUT2D eigenvalue weighted by molar-refractivity contribution is 0.319. The number of nitrogens with two attached hydrogens (primary N) is 1. The molecule has 0 saturated carbocycles. The molecule has 6 heterocycles. The summed E-state index contributed by atoms with van der Waals surface area (Å²) < 4.78 is 2.03. The van der Waals surface area contributed by atoms with Crippen LogP contribution in [0.1, 0.15) is 56.0 Å². The van der Waals surface area contributed by atoms with Gasteiger partial charge in [0.25, 0.3) is 0 Å². The molecule has 0 amide bonds. The molecule has 2 bridgehead atoms. The van der Waals surface area contributed by atoms with Crippen LogP contribution in [0.25, 0.3) is 22.3 Å². The number of hydrogen-bond donors (Lipinski definition) is 3. The highest BCUT2D eigenvalue weighted by Crippen LogP contribution is 2.43. The number of aromatic nitrogens is 6. The first-order valence-electron chi connectivity index (χ1n) is 13.3. The lowest BCUT2D eigenvalue weighted by Gasteiger charge is -2.39. The average molecular weight is 498 g/mol. The maximum absolute atomic E-state index is 10.3. The van der Waals surface area contributed by atoms with Gasteiger partial charge in [-0.2, -0.15) is 5.10 Å². The summed E-state index contributed by atoms with van der Waals surface area (Å²) in [6.45, 7) is 2.13. The Morgan fingerprint density at radius 2 is 1.65 bits per heavy atom. The van der Waals surface area contributed by atoms with Crippen molar-refractivity contribution in [2.75, 3.05) is 23.7 Å². The smallest absolute Gasteiger partial charge is 0.225 e. The van der Waals surface area contributed by atoms with Crippen LogP contribution in [0, 0.1) is 0 Å².